The minimum atomic E-state index is -3.74. The fraction of sp³-hybridized carbons (Fsp3) is 0.240. The van der Waals surface area contributed by atoms with Crippen molar-refractivity contribution < 1.29 is 22.7 Å². The molecular formula is C25H28N2O5S. The summed E-state index contributed by atoms with van der Waals surface area (Å²) in [5.74, 6) is 1.12. The SMILES string of the molecule is COc1ccc(S(=O)(=O)N(C)c2ccc(C(=O)NCCOc3cc(C)ccc3C)cc2)cc1. The fourth-order valence-electron chi connectivity index (χ4n) is 3.16. The molecule has 0 spiro atoms. The van der Waals surface area contributed by atoms with Crippen molar-refractivity contribution in [2.45, 2.75) is 18.7 Å². The third-order valence-electron chi connectivity index (χ3n) is 5.20. The fourth-order valence-corrected chi connectivity index (χ4v) is 4.35. The Balaban J connectivity index is 1.58. The highest BCUT2D eigenvalue weighted by Gasteiger charge is 2.21. The van der Waals surface area contributed by atoms with Gasteiger partial charge in [-0.3, -0.25) is 9.10 Å². The van der Waals surface area contributed by atoms with Crippen LogP contribution in [0.5, 0.6) is 11.5 Å². The second kappa shape index (κ2) is 10.4. The van der Waals surface area contributed by atoms with E-state index in [4.69, 9.17) is 9.47 Å². The molecule has 1 amide bonds. The lowest BCUT2D eigenvalue weighted by Gasteiger charge is -2.20. The number of hydrogen-bond acceptors (Lipinski definition) is 5. The third-order valence-corrected chi connectivity index (χ3v) is 7.00. The average Bonchev–Trinajstić information content (AvgIpc) is 2.83. The van der Waals surface area contributed by atoms with E-state index in [1.165, 1.54) is 30.6 Å². The van der Waals surface area contributed by atoms with Crippen LogP contribution >= 0.6 is 0 Å². The number of rotatable bonds is 9. The number of anilines is 1. The number of benzene rings is 3. The molecule has 0 saturated heterocycles. The quantitative estimate of drug-likeness (QED) is 0.481. The molecule has 3 rings (SSSR count). The zero-order chi connectivity index (χ0) is 24.0. The van der Waals surface area contributed by atoms with Gasteiger partial charge in [-0.05, 0) is 79.6 Å². The number of carbonyl (C=O) groups is 1. The topological polar surface area (TPSA) is 84.9 Å². The maximum absolute atomic E-state index is 12.9. The Labute approximate surface area is 195 Å². The van der Waals surface area contributed by atoms with Crippen LogP contribution in [0.2, 0.25) is 0 Å². The van der Waals surface area contributed by atoms with E-state index in [0.717, 1.165) is 16.9 Å². The molecule has 0 aliphatic carbocycles. The highest BCUT2D eigenvalue weighted by molar-refractivity contribution is 7.92. The number of hydrogen-bond donors (Lipinski definition) is 1. The van der Waals surface area contributed by atoms with Gasteiger partial charge < -0.3 is 14.8 Å². The van der Waals surface area contributed by atoms with Gasteiger partial charge in [0, 0.05) is 12.6 Å². The van der Waals surface area contributed by atoms with E-state index in [1.807, 2.05) is 32.0 Å². The normalized spacial score (nSPS) is 11.0. The molecule has 3 aromatic rings. The number of methoxy groups -OCH3 is 1. The molecule has 0 atom stereocenters. The molecule has 1 N–H and O–H groups in total. The van der Waals surface area contributed by atoms with Gasteiger partial charge in [0.1, 0.15) is 18.1 Å². The molecule has 33 heavy (non-hydrogen) atoms. The Morgan fingerprint density at radius 2 is 1.64 bits per heavy atom. The second-order valence-corrected chi connectivity index (χ2v) is 9.54. The number of amides is 1. The molecule has 0 aliphatic rings. The Hall–Kier alpha value is -3.52. The molecule has 0 radical (unpaired) electrons. The highest BCUT2D eigenvalue weighted by Crippen LogP contribution is 2.24. The first-order valence-corrected chi connectivity index (χ1v) is 11.9. The van der Waals surface area contributed by atoms with Crippen LogP contribution in [0.1, 0.15) is 21.5 Å². The summed E-state index contributed by atoms with van der Waals surface area (Å²) in [6.45, 7) is 4.66. The van der Waals surface area contributed by atoms with Crippen molar-refractivity contribution in [3.05, 3.63) is 83.4 Å². The van der Waals surface area contributed by atoms with Crippen LogP contribution in [0.3, 0.4) is 0 Å². The van der Waals surface area contributed by atoms with Crippen LogP contribution in [-0.4, -0.2) is 41.6 Å². The number of aryl methyl sites for hydroxylation is 2. The summed E-state index contributed by atoms with van der Waals surface area (Å²) in [6, 6.07) is 18.5. The Morgan fingerprint density at radius 1 is 0.970 bits per heavy atom. The van der Waals surface area contributed by atoms with Gasteiger partial charge in [-0.25, -0.2) is 8.42 Å². The van der Waals surface area contributed by atoms with E-state index in [2.05, 4.69) is 5.32 Å². The van der Waals surface area contributed by atoms with Crippen molar-refractivity contribution in [1.82, 2.24) is 5.32 Å². The monoisotopic (exact) mass is 468 g/mol. The molecule has 0 heterocycles. The summed E-state index contributed by atoms with van der Waals surface area (Å²) in [5, 5.41) is 2.81. The molecule has 0 aliphatic heterocycles. The van der Waals surface area contributed by atoms with Crippen molar-refractivity contribution in [1.29, 1.82) is 0 Å². The largest absolute Gasteiger partial charge is 0.497 e. The van der Waals surface area contributed by atoms with Gasteiger partial charge in [0.15, 0.2) is 0 Å². The molecule has 174 valence electrons. The van der Waals surface area contributed by atoms with Gasteiger partial charge in [0.25, 0.3) is 15.9 Å². The molecule has 7 nitrogen and oxygen atoms in total. The molecule has 0 aromatic heterocycles. The molecule has 8 heteroatoms. The van der Waals surface area contributed by atoms with Gasteiger partial charge in [-0.2, -0.15) is 0 Å². The lowest BCUT2D eigenvalue weighted by atomic mass is 10.1. The van der Waals surface area contributed by atoms with Crippen LogP contribution in [0, 0.1) is 13.8 Å². The van der Waals surface area contributed by atoms with Crippen LogP contribution in [-0.2, 0) is 10.0 Å². The van der Waals surface area contributed by atoms with Crippen molar-refractivity contribution in [3.8, 4) is 11.5 Å². The number of ether oxygens (including phenoxy) is 2. The Morgan fingerprint density at radius 3 is 2.27 bits per heavy atom. The van der Waals surface area contributed by atoms with Crippen molar-refractivity contribution >= 4 is 21.6 Å². The van der Waals surface area contributed by atoms with Crippen molar-refractivity contribution in [2.24, 2.45) is 0 Å². The first kappa shape index (κ1) is 24.1. The van der Waals surface area contributed by atoms with Crippen LogP contribution < -0.4 is 19.1 Å². The van der Waals surface area contributed by atoms with E-state index < -0.39 is 10.0 Å². The predicted octanol–water partition coefficient (Wildman–Crippen LogP) is 3.95. The van der Waals surface area contributed by atoms with E-state index in [1.54, 1.807) is 36.4 Å². The summed E-state index contributed by atoms with van der Waals surface area (Å²) < 4.78 is 37.8. The molecular weight excluding hydrogens is 440 g/mol. The molecule has 0 fully saturated rings. The average molecular weight is 469 g/mol. The van der Waals surface area contributed by atoms with E-state index in [9.17, 15) is 13.2 Å². The van der Waals surface area contributed by atoms with Gasteiger partial charge in [-0.1, -0.05) is 12.1 Å². The maximum atomic E-state index is 12.9. The van der Waals surface area contributed by atoms with Crippen molar-refractivity contribution in [2.75, 3.05) is 31.6 Å². The third kappa shape index (κ3) is 5.84. The van der Waals surface area contributed by atoms with Gasteiger partial charge in [0.2, 0.25) is 0 Å². The molecule has 0 saturated carbocycles. The smallest absolute Gasteiger partial charge is 0.264 e. The van der Waals surface area contributed by atoms with E-state index >= 15 is 0 Å². The number of nitrogens with one attached hydrogen (secondary N) is 1. The summed E-state index contributed by atoms with van der Waals surface area (Å²) in [4.78, 5) is 12.6. The first-order valence-electron chi connectivity index (χ1n) is 10.4. The zero-order valence-electron chi connectivity index (χ0n) is 19.2. The maximum Gasteiger partial charge on any atom is 0.264 e. The summed E-state index contributed by atoms with van der Waals surface area (Å²) >= 11 is 0. The summed E-state index contributed by atoms with van der Waals surface area (Å²) in [6.07, 6.45) is 0. The Kier molecular flexibility index (Phi) is 7.60. The zero-order valence-corrected chi connectivity index (χ0v) is 20.0. The number of sulfonamides is 1. The second-order valence-electron chi connectivity index (χ2n) is 7.57. The summed E-state index contributed by atoms with van der Waals surface area (Å²) in [5.41, 5.74) is 3.02. The van der Waals surface area contributed by atoms with Crippen LogP contribution in [0.15, 0.2) is 71.6 Å². The minimum absolute atomic E-state index is 0.150. The van der Waals surface area contributed by atoms with Crippen molar-refractivity contribution in [3.63, 3.8) is 0 Å². The van der Waals surface area contributed by atoms with Crippen LogP contribution in [0.4, 0.5) is 5.69 Å². The molecule has 3 aromatic carbocycles. The summed E-state index contributed by atoms with van der Waals surface area (Å²) in [7, 11) is -0.749. The lowest BCUT2D eigenvalue weighted by molar-refractivity contribution is 0.0947. The van der Waals surface area contributed by atoms with Crippen LogP contribution in [0.25, 0.3) is 0 Å². The highest BCUT2D eigenvalue weighted by atomic mass is 32.2. The lowest BCUT2D eigenvalue weighted by Crippen LogP contribution is -2.28. The number of carbonyl (C=O) groups excluding carboxylic acids is 1. The molecule has 0 unspecified atom stereocenters. The van der Waals surface area contributed by atoms with E-state index in [0.29, 0.717) is 30.2 Å². The van der Waals surface area contributed by atoms with Gasteiger partial charge >= 0.3 is 0 Å². The van der Waals surface area contributed by atoms with Gasteiger partial charge in [-0.15, -0.1) is 0 Å². The standard InChI is InChI=1S/C25H28N2O5S/c1-18-5-6-19(2)24(17-18)32-16-15-26-25(28)20-7-9-21(10-8-20)27(3)33(29,30)23-13-11-22(31-4)12-14-23/h5-14,17H,15-16H2,1-4H3,(H,26,28). The van der Waals surface area contributed by atoms with Gasteiger partial charge in [0.05, 0.1) is 24.2 Å². The van der Waals surface area contributed by atoms with E-state index in [-0.39, 0.29) is 10.8 Å². The number of nitrogens with zero attached hydrogens (tertiary/aromatic N) is 1. The minimum Gasteiger partial charge on any atom is -0.497 e. The Bertz CT molecular complexity index is 1210. The predicted molar refractivity (Wildman–Crippen MR) is 129 cm³/mol. The first-order chi connectivity index (χ1) is 15.7. The molecule has 0 bridgehead atoms.